The lowest BCUT2D eigenvalue weighted by Crippen LogP contribution is -2.25. The molecule has 0 N–H and O–H groups in total. The maximum atomic E-state index is 13.4. The average Bonchev–Trinajstić information content (AvgIpc) is 2.98. The van der Waals surface area contributed by atoms with Crippen molar-refractivity contribution in [2.45, 2.75) is 26.8 Å². The van der Waals surface area contributed by atoms with E-state index in [-0.39, 0.29) is 17.1 Å². The maximum absolute atomic E-state index is 13.4. The summed E-state index contributed by atoms with van der Waals surface area (Å²) in [7, 11) is 3.25. The number of hydrogen-bond donors (Lipinski definition) is 0. The van der Waals surface area contributed by atoms with Crippen LogP contribution in [0.1, 0.15) is 47.1 Å². The predicted molar refractivity (Wildman–Crippen MR) is 114 cm³/mol. The molecular formula is C24H25NO5. The van der Waals surface area contributed by atoms with Crippen LogP contribution in [0.3, 0.4) is 0 Å². The van der Waals surface area contributed by atoms with E-state index < -0.39 is 6.04 Å². The van der Waals surface area contributed by atoms with Crippen molar-refractivity contribution in [2.24, 2.45) is 5.92 Å². The van der Waals surface area contributed by atoms with Gasteiger partial charge in [-0.1, -0.05) is 31.5 Å². The van der Waals surface area contributed by atoms with Gasteiger partial charge in [-0.25, -0.2) is 0 Å². The minimum Gasteiger partial charge on any atom is -0.493 e. The van der Waals surface area contributed by atoms with Gasteiger partial charge in [0.1, 0.15) is 5.58 Å². The Hall–Kier alpha value is -3.28. The van der Waals surface area contributed by atoms with Gasteiger partial charge in [0.25, 0.3) is 5.91 Å². The molecule has 1 unspecified atom stereocenters. The molecular weight excluding hydrogens is 382 g/mol. The fourth-order valence-corrected chi connectivity index (χ4v) is 3.82. The molecule has 0 aliphatic carbocycles. The van der Waals surface area contributed by atoms with Crippen LogP contribution in [-0.4, -0.2) is 31.6 Å². The summed E-state index contributed by atoms with van der Waals surface area (Å²) in [6.07, 6.45) is 0. The summed E-state index contributed by atoms with van der Waals surface area (Å²) in [4.78, 5) is 27.8. The largest absolute Gasteiger partial charge is 0.493 e. The van der Waals surface area contributed by atoms with Crippen molar-refractivity contribution in [1.82, 2.24) is 4.90 Å². The van der Waals surface area contributed by atoms with Gasteiger partial charge >= 0.3 is 0 Å². The molecule has 3 aromatic rings. The molecule has 0 saturated heterocycles. The first-order chi connectivity index (χ1) is 14.3. The number of methoxy groups -OCH3 is 1. The van der Waals surface area contributed by atoms with Gasteiger partial charge in [0.05, 0.1) is 30.7 Å². The summed E-state index contributed by atoms with van der Waals surface area (Å²) in [6, 6.07) is 10.3. The second kappa shape index (κ2) is 7.52. The van der Waals surface area contributed by atoms with Crippen molar-refractivity contribution in [1.29, 1.82) is 0 Å². The summed E-state index contributed by atoms with van der Waals surface area (Å²) in [5.74, 6) is 1.35. The maximum Gasteiger partial charge on any atom is 0.290 e. The average molecular weight is 407 g/mol. The topological polar surface area (TPSA) is 69.0 Å². The van der Waals surface area contributed by atoms with E-state index >= 15 is 0 Å². The number of carbonyl (C=O) groups is 1. The van der Waals surface area contributed by atoms with Gasteiger partial charge in [0.2, 0.25) is 5.76 Å². The number of nitrogens with zero attached hydrogens (tertiary/aromatic N) is 1. The highest BCUT2D eigenvalue weighted by Crippen LogP contribution is 2.40. The number of carbonyl (C=O) groups excluding carboxylic acids is 1. The van der Waals surface area contributed by atoms with Gasteiger partial charge in [0, 0.05) is 7.05 Å². The minimum atomic E-state index is -0.554. The second-order valence-corrected chi connectivity index (χ2v) is 8.11. The van der Waals surface area contributed by atoms with Crippen molar-refractivity contribution in [3.63, 3.8) is 0 Å². The molecule has 6 nitrogen and oxygen atoms in total. The zero-order valence-corrected chi connectivity index (χ0v) is 17.8. The predicted octanol–water partition coefficient (Wildman–Crippen LogP) is 4.32. The van der Waals surface area contributed by atoms with Gasteiger partial charge in [-0.05, 0) is 42.7 Å². The molecule has 156 valence electrons. The van der Waals surface area contributed by atoms with E-state index in [0.717, 1.165) is 11.1 Å². The monoisotopic (exact) mass is 407 g/mol. The van der Waals surface area contributed by atoms with Crippen LogP contribution in [0.5, 0.6) is 11.5 Å². The van der Waals surface area contributed by atoms with E-state index in [1.807, 2.05) is 31.2 Å². The van der Waals surface area contributed by atoms with Crippen LogP contribution in [0.2, 0.25) is 0 Å². The van der Waals surface area contributed by atoms with E-state index in [0.29, 0.717) is 40.6 Å². The van der Waals surface area contributed by atoms with Gasteiger partial charge < -0.3 is 18.8 Å². The van der Waals surface area contributed by atoms with Crippen LogP contribution in [0.15, 0.2) is 45.6 Å². The molecule has 2 aromatic carbocycles. The number of rotatable bonds is 5. The van der Waals surface area contributed by atoms with Crippen LogP contribution in [0, 0.1) is 12.8 Å². The third-order valence-electron chi connectivity index (χ3n) is 5.33. The lowest BCUT2D eigenvalue weighted by Gasteiger charge is -2.22. The molecule has 2 heterocycles. The number of amides is 1. The van der Waals surface area contributed by atoms with E-state index in [1.165, 1.54) is 4.90 Å². The molecule has 0 saturated carbocycles. The summed E-state index contributed by atoms with van der Waals surface area (Å²) in [5, 5.41) is 0.478. The minimum absolute atomic E-state index is 0.1000. The molecule has 0 bridgehead atoms. The van der Waals surface area contributed by atoms with E-state index in [4.69, 9.17) is 13.9 Å². The smallest absolute Gasteiger partial charge is 0.290 e. The van der Waals surface area contributed by atoms with Crippen molar-refractivity contribution in [3.05, 3.63) is 69.1 Å². The number of ether oxygens (including phenoxy) is 2. The quantitative estimate of drug-likeness (QED) is 0.630. The Kier molecular flexibility index (Phi) is 5.02. The fraction of sp³-hybridized carbons (Fsp3) is 0.333. The highest BCUT2D eigenvalue weighted by Gasteiger charge is 2.41. The summed E-state index contributed by atoms with van der Waals surface area (Å²) in [6.45, 7) is 6.63. The van der Waals surface area contributed by atoms with Gasteiger partial charge in [-0.2, -0.15) is 0 Å². The first-order valence-electron chi connectivity index (χ1n) is 9.97. The molecule has 0 fully saturated rings. The number of benzene rings is 2. The standard InChI is InChI=1S/C24H25NO5/c1-13(2)12-29-18-9-7-15(11-19(18)28-5)21-20-22(26)16-10-14(3)6-8-17(16)30-23(20)24(27)25(21)4/h6-11,13,21H,12H2,1-5H3. The Bertz CT molecular complexity index is 1190. The van der Waals surface area contributed by atoms with Crippen LogP contribution in [-0.2, 0) is 0 Å². The molecule has 0 radical (unpaired) electrons. The van der Waals surface area contributed by atoms with Crippen molar-refractivity contribution in [2.75, 3.05) is 20.8 Å². The molecule has 4 rings (SSSR count). The van der Waals surface area contributed by atoms with Gasteiger partial charge in [0.15, 0.2) is 16.9 Å². The van der Waals surface area contributed by atoms with E-state index in [1.54, 1.807) is 26.3 Å². The number of fused-ring (bicyclic) bond motifs is 2. The van der Waals surface area contributed by atoms with Crippen molar-refractivity contribution < 1.29 is 18.7 Å². The molecule has 1 aromatic heterocycles. The highest BCUT2D eigenvalue weighted by atomic mass is 16.5. The van der Waals surface area contributed by atoms with Crippen molar-refractivity contribution >= 4 is 16.9 Å². The zero-order valence-electron chi connectivity index (χ0n) is 17.8. The summed E-state index contributed by atoms with van der Waals surface area (Å²) < 4.78 is 17.2. The fourth-order valence-electron chi connectivity index (χ4n) is 3.82. The summed E-state index contributed by atoms with van der Waals surface area (Å²) in [5.41, 5.74) is 2.31. The molecule has 1 aliphatic heterocycles. The lowest BCUT2D eigenvalue weighted by atomic mass is 9.98. The normalized spacial score (nSPS) is 15.7. The van der Waals surface area contributed by atoms with Crippen molar-refractivity contribution in [3.8, 4) is 11.5 Å². The molecule has 30 heavy (non-hydrogen) atoms. The van der Waals surface area contributed by atoms with Crippen LogP contribution in [0.4, 0.5) is 0 Å². The van der Waals surface area contributed by atoms with Crippen LogP contribution < -0.4 is 14.9 Å². The Morgan fingerprint density at radius 2 is 1.87 bits per heavy atom. The zero-order chi connectivity index (χ0) is 21.6. The van der Waals surface area contributed by atoms with E-state index in [2.05, 4.69) is 13.8 Å². The molecule has 0 spiro atoms. The molecule has 1 amide bonds. The lowest BCUT2D eigenvalue weighted by molar-refractivity contribution is 0.0771. The summed E-state index contributed by atoms with van der Waals surface area (Å²) >= 11 is 0. The van der Waals surface area contributed by atoms with Crippen LogP contribution >= 0.6 is 0 Å². The Balaban J connectivity index is 1.85. The van der Waals surface area contributed by atoms with Gasteiger partial charge in [-0.15, -0.1) is 0 Å². The highest BCUT2D eigenvalue weighted by molar-refractivity contribution is 5.98. The first kappa shape index (κ1) is 20.0. The number of aryl methyl sites for hydroxylation is 1. The Labute approximate surface area is 175 Å². The third kappa shape index (κ3) is 3.22. The molecule has 1 aliphatic rings. The van der Waals surface area contributed by atoms with Crippen LogP contribution in [0.25, 0.3) is 11.0 Å². The van der Waals surface area contributed by atoms with Gasteiger partial charge in [-0.3, -0.25) is 9.59 Å². The first-order valence-corrected chi connectivity index (χ1v) is 9.97. The number of hydrogen-bond acceptors (Lipinski definition) is 5. The van der Waals surface area contributed by atoms with E-state index in [9.17, 15) is 9.59 Å². The SMILES string of the molecule is COc1cc(C2c3c(oc4ccc(C)cc4c3=O)C(=O)N2C)ccc1OCC(C)C. The molecule has 1 atom stereocenters. The second-order valence-electron chi connectivity index (χ2n) is 8.11. The Morgan fingerprint density at radius 3 is 2.57 bits per heavy atom. The molecule has 6 heteroatoms. The third-order valence-corrected chi connectivity index (χ3v) is 5.33. The Morgan fingerprint density at radius 1 is 1.10 bits per heavy atom.